The number of anilines is 1. The molecular weight excluding hydrogens is 476 g/mol. The molecule has 2 aromatic rings. The maximum Gasteiger partial charge on any atom is 0.255 e. The molecule has 0 amide bonds. The van der Waals surface area contributed by atoms with Gasteiger partial charge in [-0.15, -0.1) is 0 Å². The zero-order chi connectivity index (χ0) is 20.7. The third-order valence-corrected chi connectivity index (χ3v) is 5.40. The first-order valence-corrected chi connectivity index (χ1v) is 10.4. The van der Waals surface area contributed by atoms with Crippen molar-refractivity contribution >= 4 is 51.3 Å². The van der Waals surface area contributed by atoms with Crippen molar-refractivity contribution in [2.24, 2.45) is 0 Å². The van der Waals surface area contributed by atoms with Gasteiger partial charge in [0.25, 0.3) is 6.43 Å². The van der Waals surface area contributed by atoms with E-state index in [1.165, 1.54) is 11.9 Å². The van der Waals surface area contributed by atoms with Crippen LogP contribution >= 0.6 is 39.7 Å². The van der Waals surface area contributed by atoms with Crippen LogP contribution in [0.4, 0.5) is 14.5 Å². The molecule has 10 heteroatoms. The smallest absolute Gasteiger partial charge is 0.255 e. The summed E-state index contributed by atoms with van der Waals surface area (Å²) in [4.78, 5) is 0. The summed E-state index contributed by atoms with van der Waals surface area (Å²) in [6, 6.07) is 10.6. The minimum atomic E-state index is -2.55. The molecule has 0 atom stereocenters. The zero-order valence-electron chi connectivity index (χ0n) is 15.1. The minimum absolute atomic E-state index is 0.0667. The van der Waals surface area contributed by atoms with Gasteiger partial charge >= 0.3 is 0 Å². The van der Waals surface area contributed by atoms with Crippen molar-refractivity contribution in [1.29, 1.82) is 5.41 Å². The summed E-state index contributed by atoms with van der Waals surface area (Å²) in [5.74, 6) is 0.996. The Labute approximate surface area is 180 Å². The number of methoxy groups -OCH3 is 1. The van der Waals surface area contributed by atoms with E-state index in [2.05, 4.69) is 21.2 Å². The normalized spacial score (nSPS) is 10.7. The van der Waals surface area contributed by atoms with Crippen molar-refractivity contribution in [2.75, 3.05) is 25.2 Å². The summed E-state index contributed by atoms with van der Waals surface area (Å²) in [6.45, 7) is -0.158. The molecule has 0 saturated heterocycles. The lowest BCUT2D eigenvalue weighted by atomic mass is 10.1. The quantitative estimate of drug-likeness (QED) is 0.263. The van der Waals surface area contributed by atoms with Gasteiger partial charge in [-0.3, -0.25) is 9.71 Å². The first-order chi connectivity index (χ1) is 13.4. The van der Waals surface area contributed by atoms with Crippen molar-refractivity contribution in [3.05, 3.63) is 52.0 Å². The predicted molar refractivity (Wildman–Crippen MR) is 114 cm³/mol. The summed E-state index contributed by atoms with van der Waals surface area (Å²) in [5, 5.41) is 11.3. The van der Waals surface area contributed by atoms with Crippen LogP contribution in [0.15, 0.2) is 40.9 Å². The molecule has 0 saturated carbocycles. The Bertz CT molecular complexity index is 812. The van der Waals surface area contributed by atoms with Gasteiger partial charge in [0.1, 0.15) is 23.5 Å². The number of hydrogen-bond donors (Lipinski definition) is 2. The van der Waals surface area contributed by atoms with Crippen LogP contribution in [-0.2, 0) is 6.54 Å². The van der Waals surface area contributed by atoms with Crippen LogP contribution in [-0.4, -0.2) is 36.5 Å². The standard InChI is InChI=1S/C18H19BrClF2N3O2S/c1-26-12-5-3-11(4-6-12)10-25(28-2)18(23)16-14(27-20)8-7-13(19)17(16)24-9-15(21)22/h3-8,15,23-24H,9-10H2,1-2H3. The Morgan fingerprint density at radius 2 is 1.96 bits per heavy atom. The highest BCUT2D eigenvalue weighted by Gasteiger charge is 2.23. The Hall–Kier alpha value is -1.71. The second-order valence-corrected chi connectivity index (χ2v) is 7.38. The molecule has 0 aliphatic rings. The Morgan fingerprint density at radius 1 is 1.29 bits per heavy atom. The van der Waals surface area contributed by atoms with E-state index >= 15 is 0 Å². The molecule has 0 fully saturated rings. The van der Waals surface area contributed by atoms with Crippen LogP contribution in [0.5, 0.6) is 11.5 Å². The van der Waals surface area contributed by atoms with E-state index in [4.69, 9.17) is 26.3 Å². The van der Waals surface area contributed by atoms with Gasteiger partial charge in [-0.2, -0.15) is 0 Å². The molecule has 0 aliphatic carbocycles. The molecule has 2 rings (SSSR count). The van der Waals surface area contributed by atoms with Crippen molar-refractivity contribution in [3.63, 3.8) is 0 Å². The van der Waals surface area contributed by atoms with E-state index in [1.807, 2.05) is 30.5 Å². The molecule has 0 aliphatic heterocycles. The summed E-state index contributed by atoms with van der Waals surface area (Å²) < 4.78 is 37.7. The van der Waals surface area contributed by atoms with E-state index in [9.17, 15) is 8.78 Å². The van der Waals surface area contributed by atoms with E-state index < -0.39 is 13.0 Å². The van der Waals surface area contributed by atoms with E-state index in [1.54, 1.807) is 23.5 Å². The van der Waals surface area contributed by atoms with Crippen molar-refractivity contribution in [2.45, 2.75) is 13.0 Å². The predicted octanol–water partition coefficient (Wildman–Crippen LogP) is 5.77. The van der Waals surface area contributed by atoms with Gasteiger partial charge in [0.05, 0.1) is 31.5 Å². The fourth-order valence-corrected chi connectivity index (χ4v) is 3.62. The van der Waals surface area contributed by atoms with Crippen LogP contribution in [0.1, 0.15) is 11.1 Å². The number of rotatable bonds is 9. The molecule has 2 aromatic carbocycles. The Morgan fingerprint density at radius 3 is 2.50 bits per heavy atom. The second kappa shape index (κ2) is 10.7. The fraction of sp³-hybridized carbons (Fsp3) is 0.278. The largest absolute Gasteiger partial charge is 0.497 e. The highest BCUT2D eigenvalue weighted by atomic mass is 79.9. The molecule has 0 bridgehead atoms. The highest BCUT2D eigenvalue weighted by Crippen LogP contribution is 2.36. The van der Waals surface area contributed by atoms with Gasteiger partial charge in [-0.1, -0.05) is 24.1 Å². The molecule has 5 nitrogen and oxygen atoms in total. The van der Waals surface area contributed by atoms with Gasteiger partial charge in [-0.05, 0) is 45.8 Å². The lowest BCUT2D eigenvalue weighted by molar-refractivity contribution is 0.163. The third-order valence-electron chi connectivity index (χ3n) is 3.82. The van der Waals surface area contributed by atoms with Crippen molar-refractivity contribution in [3.8, 4) is 11.5 Å². The Kier molecular flexibility index (Phi) is 8.65. The highest BCUT2D eigenvalue weighted by molar-refractivity contribution is 9.10. The average Bonchev–Trinajstić information content (AvgIpc) is 2.70. The van der Waals surface area contributed by atoms with Crippen LogP contribution in [0.25, 0.3) is 0 Å². The first kappa shape index (κ1) is 22.6. The molecule has 0 heterocycles. The van der Waals surface area contributed by atoms with E-state index in [0.29, 0.717) is 16.7 Å². The summed E-state index contributed by atoms with van der Waals surface area (Å²) >= 11 is 10.2. The molecular formula is C18H19BrClF2N3O2S. The lowest BCUT2D eigenvalue weighted by Crippen LogP contribution is -2.26. The van der Waals surface area contributed by atoms with Crippen molar-refractivity contribution < 1.29 is 17.8 Å². The van der Waals surface area contributed by atoms with Gasteiger partial charge < -0.3 is 14.3 Å². The summed E-state index contributed by atoms with van der Waals surface area (Å²) in [6.07, 6.45) is -0.728. The van der Waals surface area contributed by atoms with Crippen LogP contribution < -0.4 is 14.3 Å². The third kappa shape index (κ3) is 5.65. The number of halogens is 4. The molecule has 28 heavy (non-hydrogen) atoms. The molecule has 0 aromatic heterocycles. The number of hydrogen-bond acceptors (Lipinski definition) is 5. The van der Waals surface area contributed by atoms with Crippen molar-refractivity contribution in [1.82, 2.24) is 4.31 Å². The molecule has 0 radical (unpaired) electrons. The maximum atomic E-state index is 12.7. The SMILES string of the molecule is COc1ccc(CN(SC)C(=N)c2c(OCl)ccc(Br)c2NCC(F)F)cc1. The number of alkyl halides is 2. The molecule has 152 valence electrons. The van der Waals surface area contributed by atoms with Gasteiger partial charge in [0, 0.05) is 10.7 Å². The van der Waals surface area contributed by atoms with E-state index in [0.717, 1.165) is 11.3 Å². The first-order valence-electron chi connectivity index (χ1n) is 8.07. The minimum Gasteiger partial charge on any atom is -0.497 e. The maximum absolute atomic E-state index is 12.7. The van der Waals surface area contributed by atoms with Gasteiger partial charge in [-0.25, -0.2) is 8.78 Å². The second-order valence-electron chi connectivity index (χ2n) is 5.56. The molecule has 0 spiro atoms. The zero-order valence-corrected chi connectivity index (χ0v) is 18.3. The lowest BCUT2D eigenvalue weighted by Gasteiger charge is -2.25. The monoisotopic (exact) mass is 493 g/mol. The van der Waals surface area contributed by atoms with Crippen LogP contribution in [0, 0.1) is 5.41 Å². The number of nitrogens with zero attached hydrogens (tertiary/aromatic N) is 1. The number of nitrogens with one attached hydrogen (secondary N) is 2. The van der Waals surface area contributed by atoms with E-state index in [-0.39, 0.29) is 17.1 Å². The van der Waals surface area contributed by atoms with Crippen LogP contribution in [0.2, 0.25) is 0 Å². The summed E-state index contributed by atoms with van der Waals surface area (Å²) in [5.41, 5.74) is 1.55. The Balaban J connectivity index is 2.36. The topological polar surface area (TPSA) is 57.6 Å². The summed E-state index contributed by atoms with van der Waals surface area (Å²) in [7, 11) is 1.59. The van der Waals surface area contributed by atoms with Gasteiger partial charge in [0.2, 0.25) is 0 Å². The average molecular weight is 495 g/mol. The van der Waals surface area contributed by atoms with Gasteiger partial charge in [0.15, 0.2) is 5.75 Å². The number of ether oxygens (including phenoxy) is 1. The number of benzene rings is 2. The molecule has 2 N–H and O–H groups in total. The number of amidine groups is 1. The fourth-order valence-electron chi connectivity index (χ4n) is 2.47. The van der Waals surface area contributed by atoms with Crippen LogP contribution in [0.3, 0.4) is 0 Å². The molecule has 0 unspecified atom stereocenters.